The molecule has 3 aromatic rings. The summed E-state index contributed by atoms with van der Waals surface area (Å²) in [6, 6.07) is 12.7. The van der Waals surface area contributed by atoms with Crippen LogP contribution in [0, 0.1) is 9.39 Å². The van der Waals surface area contributed by atoms with Crippen LogP contribution in [0.3, 0.4) is 0 Å². The quantitative estimate of drug-likeness (QED) is 0.270. The minimum absolute atomic E-state index is 0.0341. The van der Waals surface area contributed by atoms with Crippen molar-refractivity contribution < 1.29 is 18.3 Å². The first kappa shape index (κ1) is 22.5. The lowest BCUT2D eigenvalue weighted by Crippen LogP contribution is -2.42. The first-order valence-electron chi connectivity index (χ1n) is 9.76. The lowest BCUT2D eigenvalue weighted by atomic mass is 9.98. The number of fused-ring (bicyclic) bond motifs is 1. The number of aliphatic hydroxyl groups is 1. The molecule has 2 aromatic carbocycles. The van der Waals surface area contributed by atoms with Gasteiger partial charge in [-0.2, -0.15) is 0 Å². The molecule has 0 aliphatic heterocycles. The molecule has 0 radical (unpaired) electrons. The van der Waals surface area contributed by atoms with Gasteiger partial charge in [0.1, 0.15) is 11.4 Å². The normalized spacial score (nSPS) is 14.9. The summed E-state index contributed by atoms with van der Waals surface area (Å²) in [6.45, 7) is 10.8. The summed E-state index contributed by atoms with van der Waals surface area (Å²) in [6.07, 6.45) is 0.532. The Kier molecular flexibility index (Phi) is 6.58. The monoisotopic (exact) mass is 526 g/mol. The number of rotatable bonds is 6. The Morgan fingerprint density at radius 3 is 2.48 bits per heavy atom. The standard InChI is InChI=1S/C23H28FIO3Si/c1-23(2,3)29(4,5)28-22(14-20(26)16-8-6-7-9-19(16)25)17-12-15-10-11-27-21(15)13-18(17)24/h6-13,20,22,26H,14H2,1-5H3. The first-order chi connectivity index (χ1) is 13.5. The lowest BCUT2D eigenvalue weighted by molar-refractivity contribution is 0.0838. The summed E-state index contributed by atoms with van der Waals surface area (Å²) in [5, 5.41) is 11.8. The molecule has 6 heteroatoms. The molecule has 0 saturated carbocycles. The molecule has 0 aliphatic carbocycles. The average Bonchev–Trinajstić information content (AvgIpc) is 3.06. The Morgan fingerprint density at radius 1 is 1.14 bits per heavy atom. The third kappa shape index (κ3) is 4.92. The van der Waals surface area contributed by atoms with Gasteiger partial charge < -0.3 is 13.9 Å². The van der Waals surface area contributed by atoms with Crippen molar-refractivity contribution in [2.45, 2.75) is 57.5 Å². The van der Waals surface area contributed by atoms with Gasteiger partial charge in [0.2, 0.25) is 0 Å². The zero-order chi connectivity index (χ0) is 21.4. The van der Waals surface area contributed by atoms with Gasteiger partial charge in [0.05, 0.1) is 18.5 Å². The second-order valence-electron chi connectivity index (χ2n) is 8.97. The Labute approximate surface area is 186 Å². The number of halogens is 2. The van der Waals surface area contributed by atoms with E-state index in [1.165, 1.54) is 6.07 Å². The predicted molar refractivity (Wildman–Crippen MR) is 126 cm³/mol. The average molecular weight is 526 g/mol. The van der Waals surface area contributed by atoms with Gasteiger partial charge in [0.15, 0.2) is 8.32 Å². The van der Waals surface area contributed by atoms with Crippen molar-refractivity contribution in [2.24, 2.45) is 0 Å². The molecular weight excluding hydrogens is 498 g/mol. The summed E-state index contributed by atoms with van der Waals surface area (Å²) in [7, 11) is -2.21. The Balaban J connectivity index is 2.01. The minimum atomic E-state index is -2.21. The van der Waals surface area contributed by atoms with Gasteiger partial charge in [0, 0.05) is 27.0 Å². The van der Waals surface area contributed by atoms with Crippen LogP contribution in [0.2, 0.25) is 18.1 Å². The van der Waals surface area contributed by atoms with Crippen molar-refractivity contribution in [2.75, 3.05) is 0 Å². The highest BCUT2D eigenvalue weighted by Crippen LogP contribution is 2.43. The van der Waals surface area contributed by atoms with E-state index in [0.29, 0.717) is 11.1 Å². The fraction of sp³-hybridized carbons (Fsp3) is 0.391. The SMILES string of the molecule is CC(C)(C)[Si](C)(C)OC(CC(O)c1ccccc1I)c1cc2ccoc2cc1F. The molecule has 3 rings (SSSR count). The number of benzene rings is 2. The van der Waals surface area contributed by atoms with Gasteiger partial charge in [-0.05, 0) is 64.5 Å². The highest BCUT2D eigenvalue weighted by molar-refractivity contribution is 14.1. The predicted octanol–water partition coefficient (Wildman–Crippen LogP) is 7.36. The summed E-state index contributed by atoms with van der Waals surface area (Å²) < 4.78 is 28.0. The maximum absolute atomic E-state index is 15.0. The van der Waals surface area contributed by atoms with Gasteiger partial charge in [-0.15, -0.1) is 0 Å². The molecule has 156 valence electrons. The van der Waals surface area contributed by atoms with Crippen LogP contribution in [0.1, 0.15) is 50.5 Å². The van der Waals surface area contributed by atoms with Gasteiger partial charge >= 0.3 is 0 Å². The second kappa shape index (κ2) is 8.49. The molecule has 1 N–H and O–H groups in total. The van der Waals surface area contributed by atoms with Crippen LogP contribution in [0.5, 0.6) is 0 Å². The van der Waals surface area contributed by atoms with Crippen molar-refractivity contribution in [3.63, 3.8) is 0 Å². The van der Waals surface area contributed by atoms with E-state index in [-0.39, 0.29) is 17.3 Å². The third-order valence-electron chi connectivity index (χ3n) is 5.86. The van der Waals surface area contributed by atoms with E-state index in [1.807, 2.05) is 30.3 Å². The number of hydrogen-bond acceptors (Lipinski definition) is 3. The fourth-order valence-corrected chi connectivity index (χ4v) is 5.13. The molecule has 1 heterocycles. The fourth-order valence-electron chi connectivity index (χ4n) is 3.10. The molecule has 0 spiro atoms. The van der Waals surface area contributed by atoms with Crippen molar-refractivity contribution in [3.8, 4) is 0 Å². The molecule has 0 bridgehead atoms. The molecule has 3 nitrogen and oxygen atoms in total. The minimum Gasteiger partial charge on any atom is -0.464 e. The summed E-state index contributed by atoms with van der Waals surface area (Å²) in [5.41, 5.74) is 1.81. The molecule has 0 saturated heterocycles. The maximum Gasteiger partial charge on any atom is 0.192 e. The molecule has 2 atom stereocenters. The van der Waals surface area contributed by atoms with Crippen LogP contribution in [0.15, 0.2) is 53.1 Å². The van der Waals surface area contributed by atoms with Crippen molar-refractivity contribution in [3.05, 3.63) is 69.2 Å². The van der Waals surface area contributed by atoms with Crippen LogP contribution >= 0.6 is 22.6 Å². The van der Waals surface area contributed by atoms with E-state index in [9.17, 15) is 5.11 Å². The highest BCUT2D eigenvalue weighted by Gasteiger charge is 2.40. The van der Waals surface area contributed by atoms with E-state index in [1.54, 1.807) is 12.3 Å². The molecule has 0 aliphatic rings. The summed E-state index contributed by atoms with van der Waals surface area (Å²) in [4.78, 5) is 0. The van der Waals surface area contributed by atoms with E-state index in [0.717, 1.165) is 14.5 Å². The Hall–Kier alpha value is -1.22. The van der Waals surface area contributed by atoms with Gasteiger partial charge in [-0.3, -0.25) is 0 Å². The zero-order valence-electron chi connectivity index (χ0n) is 17.5. The van der Waals surface area contributed by atoms with Crippen molar-refractivity contribution >= 4 is 41.9 Å². The molecular formula is C23H28FIO3Si. The summed E-state index contributed by atoms with van der Waals surface area (Å²) >= 11 is 2.22. The van der Waals surface area contributed by atoms with Crippen molar-refractivity contribution in [1.29, 1.82) is 0 Å². The maximum atomic E-state index is 15.0. The topological polar surface area (TPSA) is 42.6 Å². The van der Waals surface area contributed by atoms with E-state index >= 15 is 4.39 Å². The molecule has 2 unspecified atom stereocenters. The third-order valence-corrected chi connectivity index (χ3v) is 11.3. The van der Waals surface area contributed by atoms with Crippen LogP contribution in [0.25, 0.3) is 11.0 Å². The second-order valence-corrected chi connectivity index (χ2v) is 14.9. The molecule has 0 fully saturated rings. The molecule has 1 aromatic heterocycles. The highest BCUT2D eigenvalue weighted by atomic mass is 127. The van der Waals surface area contributed by atoms with E-state index in [2.05, 4.69) is 56.5 Å². The van der Waals surface area contributed by atoms with Crippen LogP contribution in [-0.4, -0.2) is 13.4 Å². The Morgan fingerprint density at radius 2 is 1.83 bits per heavy atom. The number of hydrogen-bond donors (Lipinski definition) is 1. The lowest BCUT2D eigenvalue weighted by Gasteiger charge is -2.40. The largest absolute Gasteiger partial charge is 0.464 e. The smallest absolute Gasteiger partial charge is 0.192 e. The summed E-state index contributed by atoms with van der Waals surface area (Å²) in [5.74, 6) is -0.369. The zero-order valence-corrected chi connectivity index (χ0v) is 20.7. The van der Waals surface area contributed by atoms with Crippen LogP contribution < -0.4 is 0 Å². The number of aliphatic hydroxyl groups excluding tert-OH is 1. The van der Waals surface area contributed by atoms with Crippen molar-refractivity contribution in [1.82, 2.24) is 0 Å². The van der Waals surface area contributed by atoms with E-state index in [4.69, 9.17) is 8.84 Å². The van der Waals surface area contributed by atoms with Gasteiger partial charge in [0.25, 0.3) is 0 Å². The number of furan rings is 1. The molecule has 29 heavy (non-hydrogen) atoms. The van der Waals surface area contributed by atoms with Crippen LogP contribution in [-0.2, 0) is 4.43 Å². The van der Waals surface area contributed by atoms with Crippen LogP contribution in [0.4, 0.5) is 4.39 Å². The first-order valence-corrected chi connectivity index (χ1v) is 13.8. The van der Waals surface area contributed by atoms with Gasteiger partial charge in [-0.1, -0.05) is 39.0 Å². The van der Waals surface area contributed by atoms with Gasteiger partial charge in [-0.25, -0.2) is 4.39 Å². The van der Waals surface area contributed by atoms with E-state index < -0.39 is 20.5 Å². The molecule has 0 amide bonds. The Bertz CT molecular complexity index is 993.